The Balaban J connectivity index is 1.88. The van der Waals surface area contributed by atoms with E-state index in [1.54, 1.807) is 0 Å². The van der Waals surface area contributed by atoms with Gasteiger partial charge in [-0.3, -0.25) is 38.7 Å². The highest BCUT2D eigenvalue weighted by molar-refractivity contribution is 6.13. The zero-order valence-electron chi connectivity index (χ0n) is 12.2. The largest absolute Gasteiger partial charge is 0.480 e. The van der Waals surface area contributed by atoms with Crippen LogP contribution in [0.15, 0.2) is 24.3 Å². The number of amides is 4. The lowest BCUT2D eigenvalue weighted by Gasteiger charge is -2.25. The zero-order valence-corrected chi connectivity index (χ0v) is 12.2. The Hall–Kier alpha value is -2.81. The normalized spacial score (nSPS) is 17.3. The summed E-state index contributed by atoms with van der Waals surface area (Å²) < 4.78 is 0. The summed E-state index contributed by atoms with van der Waals surface area (Å²) >= 11 is 0. The number of aliphatic carboxylic acids is 1. The van der Waals surface area contributed by atoms with Crippen molar-refractivity contribution in [2.45, 2.75) is 0 Å². The van der Waals surface area contributed by atoms with Crippen LogP contribution >= 0.6 is 0 Å². The average Bonchev–Trinajstić information content (AvgIpc) is 2.97. The molecule has 0 saturated carbocycles. The summed E-state index contributed by atoms with van der Waals surface area (Å²) in [7, 11) is 0. The van der Waals surface area contributed by atoms with Crippen LogP contribution in [0.1, 0.15) is 0 Å². The number of hydrogen-bond donors (Lipinski definition) is 1. The van der Waals surface area contributed by atoms with E-state index < -0.39 is 29.6 Å². The van der Waals surface area contributed by atoms with Gasteiger partial charge in [-0.15, -0.1) is 0 Å². The number of nitrogens with zero attached hydrogens (tertiary/aromatic N) is 3. The van der Waals surface area contributed by atoms with Crippen molar-refractivity contribution in [2.75, 3.05) is 32.7 Å². The van der Waals surface area contributed by atoms with Crippen LogP contribution in [0.25, 0.3) is 0 Å². The van der Waals surface area contributed by atoms with Crippen molar-refractivity contribution < 1.29 is 29.1 Å². The van der Waals surface area contributed by atoms with E-state index in [2.05, 4.69) is 0 Å². The molecular formula is C14H15N3O6. The van der Waals surface area contributed by atoms with Crippen molar-refractivity contribution in [1.82, 2.24) is 14.7 Å². The highest BCUT2D eigenvalue weighted by Gasteiger charge is 2.26. The summed E-state index contributed by atoms with van der Waals surface area (Å²) in [5.41, 5.74) is 0. The fraction of sp³-hybridized carbons (Fsp3) is 0.357. The molecule has 0 aromatic heterocycles. The SMILES string of the molecule is O=C(O)CN(CCN1C(=O)C=CC1=O)CCN1C(=O)C=CC1=O. The van der Waals surface area contributed by atoms with Gasteiger partial charge in [0.1, 0.15) is 0 Å². The topological polar surface area (TPSA) is 115 Å². The predicted molar refractivity (Wildman–Crippen MR) is 75.8 cm³/mol. The highest BCUT2D eigenvalue weighted by Crippen LogP contribution is 2.06. The summed E-state index contributed by atoms with van der Waals surface area (Å²) in [5.74, 6) is -2.86. The Morgan fingerprint density at radius 1 is 0.826 bits per heavy atom. The number of hydrogen-bond acceptors (Lipinski definition) is 6. The second kappa shape index (κ2) is 6.97. The Labute approximate surface area is 131 Å². The number of imide groups is 2. The van der Waals surface area contributed by atoms with E-state index in [0.717, 1.165) is 34.1 Å². The Kier molecular flexibility index (Phi) is 5.02. The number of rotatable bonds is 8. The first-order valence-corrected chi connectivity index (χ1v) is 6.89. The molecule has 2 heterocycles. The number of carboxylic acid groups (broad SMARTS) is 1. The smallest absolute Gasteiger partial charge is 0.317 e. The molecule has 1 N–H and O–H groups in total. The van der Waals surface area contributed by atoms with Gasteiger partial charge in [-0.05, 0) is 0 Å². The standard InChI is InChI=1S/C14H15N3O6/c18-10-1-2-11(19)16(10)7-5-15(9-14(22)23)6-8-17-12(20)3-4-13(17)21/h1-4H,5-9H2,(H,22,23). The third-order valence-electron chi connectivity index (χ3n) is 3.44. The summed E-state index contributed by atoms with van der Waals surface area (Å²) in [6.07, 6.45) is 4.60. The van der Waals surface area contributed by atoms with Gasteiger partial charge in [0.05, 0.1) is 6.54 Å². The molecule has 0 saturated heterocycles. The van der Waals surface area contributed by atoms with Gasteiger partial charge in [0.2, 0.25) is 0 Å². The quantitative estimate of drug-likeness (QED) is 0.526. The number of carboxylic acids is 1. The van der Waals surface area contributed by atoms with Gasteiger partial charge in [0.25, 0.3) is 23.6 Å². The fourth-order valence-electron chi connectivity index (χ4n) is 2.25. The second-order valence-corrected chi connectivity index (χ2v) is 4.99. The molecule has 0 bridgehead atoms. The lowest BCUT2D eigenvalue weighted by molar-refractivity contribution is -0.138. The van der Waals surface area contributed by atoms with Gasteiger partial charge >= 0.3 is 5.97 Å². The predicted octanol–water partition coefficient (Wildman–Crippen LogP) is -1.78. The van der Waals surface area contributed by atoms with Crippen molar-refractivity contribution >= 4 is 29.6 Å². The molecule has 4 amide bonds. The minimum absolute atomic E-state index is 0.0398. The second-order valence-electron chi connectivity index (χ2n) is 4.99. The van der Waals surface area contributed by atoms with E-state index >= 15 is 0 Å². The maximum absolute atomic E-state index is 11.5. The van der Waals surface area contributed by atoms with Crippen LogP contribution in [0.3, 0.4) is 0 Å². The van der Waals surface area contributed by atoms with Crippen molar-refractivity contribution in [3.8, 4) is 0 Å². The average molecular weight is 321 g/mol. The molecule has 9 heteroatoms. The molecular weight excluding hydrogens is 306 g/mol. The molecule has 2 aliphatic rings. The first-order chi connectivity index (χ1) is 10.9. The van der Waals surface area contributed by atoms with Crippen LogP contribution in [0, 0.1) is 0 Å². The Morgan fingerprint density at radius 3 is 1.48 bits per heavy atom. The van der Waals surface area contributed by atoms with Gasteiger partial charge in [-0.1, -0.05) is 0 Å². The van der Waals surface area contributed by atoms with Gasteiger partial charge in [-0.25, -0.2) is 0 Å². The van der Waals surface area contributed by atoms with E-state index in [0.29, 0.717) is 0 Å². The van der Waals surface area contributed by atoms with E-state index in [4.69, 9.17) is 5.11 Å². The Morgan fingerprint density at radius 2 is 1.17 bits per heavy atom. The van der Waals surface area contributed by atoms with Crippen LogP contribution in [0.4, 0.5) is 0 Å². The lowest BCUT2D eigenvalue weighted by Crippen LogP contribution is -2.44. The molecule has 0 spiro atoms. The minimum atomic E-state index is -1.08. The van der Waals surface area contributed by atoms with Crippen LogP contribution in [-0.4, -0.2) is 82.1 Å². The summed E-state index contributed by atoms with van der Waals surface area (Å²) in [5, 5.41) is 8.91. The summed E-state index contributed by atoms with van der Waals surface area (Å²) in [6.45, 7) is 0.0215. The monoisotopic (exact) mass is 321 g/mol. The molecule has 0 fully saturated rings. The summed E-state index contributed by atoms with van der Waals surface area (Å²) in [4.78, 5) is 60.2. The molecule has 2 rings (SSSR count). The fourth-order valence-corrected chi connectivity index (χ4v) is 2.25. The van der Waals surface area contributed by atoms with Crippen LogP contribution in [0.5, 0.6) is 0 Å². The maximum Gasteiger partial charge on any atom is 0.317 e. The van der Waals surface area contributed by atoms with Gasteiger partial charge in [0.15, 0.2) is 0 Å². The summed E-state index contributed by atoms with van der Waals surface area (Å²) in [6, 6.07) is 0. The van der Waals surface area contributed by atoms with Crippen LogP contribution < -0.4 is 0 Å². The van der Waals surface area contributed by atoms with Crippen LogP contribution in [0.2, 0.25) is 0 Å². The first-order valence-electron chi connectivity index (χ1n) is 6.89. The molecule has 0 aliphatic carbocycles. The van der Waals surface area contributed by atoms with Crippen molar-refractivity contribution in [3.05, 3.63) is 24.3 Å². The van der Waals surface area contributed by atoms with Crippen molar-refractivity contribution in [1.29, 1.82) is 0 Å². The molecule has 0 aromatic carbocycles. The van der Waals surface area contributed by atoms with E-state index in [1.165, 1.54) is 4.90 Å². The number of carbonyl (C=O) groups excluding carboxylic acids is 4. The van der Waals surface area contributed by atoms with Crippen LogP contribution in [-0.2, 0) is 24.0 Å². The maximum atomic E-state index is 11.5. The lowest BCUT2D eigenvalue weighted by atomic mass is 10.4. The third kappa shape index (κ3) is 4.10. The zero-order chi connectivity index (χ0) is 17.0. The molecule has 23 heavy (non-hydrogen) atoms. The van der Waals surface area contributed by atoms with E-state index in [9.17, 15) is 24.0 Å². The molecule has 122 valence electrons. The van der Waals surface area contributed by atoms with Gasteiger partial charge in [0, 0.05) is 50.5 Å². The molecule has 0 radical (unpaired) electrons. The third-order valence-corrected chi connectivity index (χ3v) is 3.44. The molecule has 2 aliphatic heterocycles. The molecule has 0 unspecified atom stereocenters. The Bertz CT molecular complexity index is 542. The van der Waals surface area contributed by atoms with E-state index in [-0.39, 0.29) is 32.7 Å². The van der Waals surface area contributed by atoms with Crippen molar-refractivity contribution in [3.63, 3.8) is 0 Å². The number of carbonyl (C=O) groups is 5. The van der Waals surface area contributed by atoms with Gasteiger partial charge < -0.3 is 5.11 Å². The minimum Gasteiger partial charge on any atom is -0.480 e. The van der Waals surface area contributed by atoms with E-state index in [1.807, 2.05) is 0 Å². The molecule has 0 atom stereocenters. The van der Waals surface area contributed by atoms with Gasteiger partial charge in [-0.2, -0.15) is 0 Å². The molecule has 9 nitrogen and oxygen atoms in total. The highest BCUT2D eigenvalue weighted by atomic mass is 16.4. The van der Waals surface area contributed by atoms with Crippen molar-refractivity contribution in [2.24, 2.45) is 0 Å². The first kappa shape index (κ1) is 16.6. The molecule has 0 aromatic rings.